The lowest BCUT2D eigenvalue weighted by Crippen LogP contribution is -2.19. The molecular formula is C13H14F3NO2. The summed E-state index contributed by atoms with van der Waals surface area (Å²) in [6, 6.07) is 7.37. The molecule has 0 saturated carbocycles. The topological polar surface area (TPSA) is 34.4 Å². The minimum atomic E-state index is -4.30. The Kier molecular flexibility index (Phi) is 4.11. The minimum Gasteiger partial charge on any atom is -0.392 e. The fourth-order valence-corrected chi connectivity index (χ4v) is 2.01. The zero-order valence-corrected chi connectivity index (χ0v) is 10.2. The Morgan fingerprint density at radius 2 is 2.00 bits per heavy atom. The van der Waals surface area contributed by atoms with Crippen molar-refractivity contribution in [1.29, 1.82) is 0 Å². The number of aliphatic hydroxyl groups is 1. The van der Waals surface area contributed by atoms with E-state index in [9.17, 15) is 18.3 Å². The summed E-state index contributed by atoms with van der Waals surface area (Å²) in [5.74, 6) is 0. The van der Waals surface area contributed by atoms with Crippen LogP contribution < -0.4 is 0 Å². The molecule has 19 heavy (non-hydrogen) atoms. The number of benzene rings is 1. The van der Waals surface area contributed by atoms with E-state index >= 15 is 0 Å². The molecule has 0 radical (unpaired) electrons. The maximum Gasteiger partial charge on any atom is 0.411 e. The SMILES string of the molecule is OCc1cccc2ccn(CCOCC(F)(F)F)c12. The summed E-state index contributed by atoms with van der Waals surface area (Å²) in [5.41, 5.74) is 1.58. The number of aliphatic hydroxyl groups excluding tert-OH is 1. The molecule has 0 bridgehead atoms. The van der Waals surface area contributed by atoms with Crippen molar-refractivity contribution in [2.75, 3.05) is 13.2 Å². The molecule has 6 heteroatoms. The Morgan fingerprint density at radius 3 is 2.68 bits per heavy atom. The molecule has 1 aromatic heterocycles. The highest BCUT2D eigenvalue weighted by atomic mass is 19.4. The van der Waals surface area contributed by atoms with Crippen molar-refractivity contribution in [3.05, 3.63) is 36.0 Å². The third-order valence-corrected chi connectivity index (χ3v) is 2.78. The number of hydrogen-bond acceptors (Lipinski definition) is 2. The third-order valence-electron chi connectivity index (χ3n) is 2.78. The van der Waals surface area contributed by atoms with Crippen molar-refractivity contribution in [1.82, 2.24) is 4.57 Å². The number of hydrogen-bond donors (Lipinski definition) is 1. The molecule has 1 aromatic carbocycles. The van der Waals surface area contributed by atoms with Crippen LogP contribution in [0.15, 0.2) is 30.5 Å². The first kappa shape index (κ1) is 13.9. The summed E-state index contributed by atoms with van der Waals surface area (Å²) < 4.78 is 42.2. The molecule has 0 spiro atoms. The molecule has 2 rings (SSSR count). The number of halogens is 3. The van der Waals surface area contributed by atoms with Crippen molar-refractivity contribution in [3.8, 4) is 0 Å². The number of aromatic nitrogens is 1. The zero-order valence-electron chi connectivity index (χ0n) is 10.2. The van der Waals surface area contributed by atoms with Gasteiger partial charge in [0.1, 0.15) is 6.61 Å². The molecule has 0 aliphatic rings. The number of rotatable bonds is 5. The van der Waals surface area contributed by atoms with Gasteiger partial charge in [0, 0.05) is 18.3 Å². The van der Waals surface area contributed by atoms with Crippen LogP contribution in [0.3, 0.4) is 0 Å². The van der Waals surface area contributed by atoms with Crippen molar-refractivity contribution in [2.24, 2.45) is 0 Å². The predicted molar refractivity (Wildman–Crippen MR) is 64.7 cm³/mol. The van der Waals surface area contributed by atoms with E-state index in [0.29, 0.717) is 6.54 Å². The largest absolute Gasteiger partial charge is 0.411 e. The standard InChI is InChI=1S/C13H14F3NO2/c14-13(15,16)9-19-7-6-17-5-4-10-2-1-3-11(8-18)12(10)17/h1-5,18H,6-9H2. The maximum atomic E-state index is 11.9. The molecule has 0 unspecified atom stereocenters. The van der Waals surface area contributed by atoms with Crippen LogP contribution in [-0.4, -0.2) is 29.1 Å². The molecule has 0 aliphatic heterocycles. The number of nitrogens with zero attached hydrogens (tertiary/aromatic N) is 1. The van der Waals surface area contributed by atoms with Gasteiger partial charge in [-0.15, -0.1) is 0 Å². The van der Waals surface area contributed by atoms with Gasteiger partial charge in [0.2, 0.25) is 0 Å². The van der Waals surface area contributed by atoms with Crippen LogP contribution in [0.4, 0.5) is 13.2 Å². The van der Waals surface area contributed by atoms with Crippen LogP contribution in [-0.2, 0) is 17.9 Å². The Labute approximate surface area is 108 Å². The quantitative estimate of drug-likeness (QED) is 0.850. The highest BCUT2D eigenvalue weighted by Crippen LogP contribution is 2.20. The van der Waals surface area contributed by atoms with Gasteiger partial charge in [0.25, 0.3) is 0 Å². The Balaban J connectivity index is 2.05. The van der Waals surface area contributed by atoms with E-state index in [0.717, 1.165) is 16.5 Å². The van der Waals surface area contributed by atoms with Crippen molar-refractivity contribution >= 4 is 10.9 Å². The molecule has 0 saturated heterocycles. The number of ether oxygens (including phenoxy) is 1. The average Bonchev–Trinajstić information content (AvgIpc) is 2.77. The summed E-state index contributed by atoms with van der Waals surface area (Å²) in [7, 11) is 0. The fraction of sp³-hybridized carbons (Fsp3) is 0.385. The molecule has 0 amide bonds. The van der Waals surface area contributed by atoms with E-state index < -0.39 is 12.8 Å². The summed E-state index contributed by atoms with van der Waals surface area (Å²) in [4.78, 5) is 0. The smallest absolute Gasteiger partial charge is 0.392 e. The van der Waals surface area contributed by atoms with Gasteiger partial charge in [0.15, 0.2) is 0 Å². The number of fused-ring (bicyclic) bond motifs is 1. The van der Waals surface area contributed by atoms with Crippen LogP contribution in [0.5, 0.6) is 0 Å². The normalized spacial score (nSPS) is 12.2. The lowest BCUT2D eigenvalue weighted by Gasteiger charge is -2.10. The minimum absolute atomic E-state index is 0.0247. The van der Waals surface area contributed by atoms with Gasteiger partial charge in [-0.05, 0) is 11.5 Å². The summed E-state index contributed by atoms with van der Waals surface area (Å²) >= 11 is 0. The van der Waals surface area contributed by atoms with E-state index in [4.69, 9.17) is 0 Å². The predicted octanol–water partition coefficient (Wildman–Crippen LogP) is 2.71. The van der Waals surface area contributed by atoms with Crippen molar-refractivity contribution in [2.45, 2.75) is 19.3 Å². The molecular weight excluding hydrogens is 259 g/mol. The van der Waals surface area contributed by atoms with Crippen LogP contribution in [0, 0.1) is 0 Å². The van der Waals surface area contributed by atoms with Gasteiger partial charge < -0.3 is 14.4 Å². The first-order valence-corrected chi connectivity index (χ1v) is 5.83. The van der Waals surface area contributed by atoms with Gasteiger partial charge in [-0.25, -0.2) is 0 Å². The summed E-state index contributed by atoms with van der Waals surface area (Å²) in [6.45, 7) is -1.05. The second-order valence-corrected chi connectivity index (χ2v) is 4.19. The van der Waals surface area contributed by atoms with Crippen molar-refractivity contribution < 1.29 is 23.0 Å². The second kappa shape index (κ2) is 5.63. The Morgan fingerprint density at radius 1 is 1.21 bits per heavy atom. The second-order valence-electron chi connectivity index (χ2n) is 4.19. The molecule has 0 atom stereocenters. The van der Waals surface area contributed by atoms with Gasteiger partial charge >= 0.3 is 6.18 Å². The molecule has 0 fully saturated rings. The zero-order chi connectivity index (χ0) is 13.9. The molecule has 1 N–H and O–H groups in total. The third kappa shape index (κ3) is 3.48. The maximum absolute atomic E-state index is 11.9. The molecule has 1 heterocycles. The van der Waals surface area contributed by atoms with Gasteiger partial charge in [-0.2, -0.15) is 13.2 Å². The summed E-state index contributed by atoms with van der Waals surface area (Å²) in [6.07, 6.45) is -2.52. The fourth-order valence-electron chi connectivity index (χ4n) is 2.01. The first-order valence-electron chi connectivity index (χ1n) is 5.83. The van der Waals surface area contributed by atoms with E-state index in [1.54, 1.807) is 16.8 Å². The van der Waals surface area contributed by atoms with Gasteiger partial charge in [0.05, 0.1) is 18.7 Å². The molecule has 3 nitrogen and oxygen atoms in total. The average molecular weight is 273 g/mol. The Hall–Kier alpha value is -1.53. The Bertz CT molecular complexity index is 548. The van der Waals surface area contributed by atoms with E-state index in [1.165, 1.54) is 0 Å². The molecule has 0 aliphatic carbocycles. The summed E-state index contributed by atoms with van der Waals surface area (Å²) in [5, 5.41) is 10.2. The van der Waals surface area contributed by atoms with Gasteiger partial charge in [-0.1, -0.05) is 18.2 Å². The molecule has 2 aromatic rings. The van der Waals surface area contributed by atoms with Gasteiger partial charge in [-0.3, -0.25) is 0 Å². The van der Waals surface area contributed by atoms with Crippen LogP contribution in [0.1, 0.15) is 5.56 Å². The van der Waals surface area contributed by atoms with E-state index in [1.807, 2.05) is 18.2 Å². The highest BCUT2D eigenvalue weighted by molar-refractivity contribution is 5.83. The lowest BCUT2D eigenvalue weighted by atomic mass is 10.1. The van der Waals surface area contributed by atoms with E-state index in [-0.39, 0.29) is 13.2 Å². The van der Waals surface area contributed by atoms with Crippen LogP contribution in [0.2, 0.25) is 0 Å². The first-order chi connectivity index (χ1) is 9.01. The van der Waals surface area contributed by atoms with E-state index in [2.05, 4.69) is 4.74 Å². The molecule has 104 valence electrons. The van der Waals surface area contributed by atoms with Crippen molar-refractivity contribution in [3.63, 3.8) is 0 Å². The number of para-hydroxylation sites is 1. The lowest BCUT2D eigenvalue weighted by molar-refractivity contribution is -0.174. The monoisotopic (exact) mass is 273 g/mol. The van der Waals surface area contributed by atoms with Crippen LogP contribution >= 0.6 is 0 Å². The highest BCUT2D eigenvalue weighted by Gasteiger charge is 2.27. The number of alkyl halides is 3. The van der Waals surface area contributed by atoms with Crippen LogP contribution in [0.25, 0.3) is 10.9 Å².